The van der Waals surface area contributed by atoms with Crippen LogP contribution in [0, 0.1) is 17.0 Å². The number of benzene rings is 1. The van der Waals surface area contributed by atoms with Gasteiger partial charge in [0.05, 0.1) is 19.3 Å². The van der Waals surface area contributed by atoms with Crippen LogP contribution in [0.1, 0.15) is 18.6 Å². The summed E-state index contributed by atoms with van der Waals surface area (Å²) in [7, 11) is 1.69. The maximum atomic E-state index is 13.5. The van der Waals surface area contributed by atoms with Crippen LogP contribution in [0.2, 0.25) is 0 Å². The van der Waals surface area contributed by atoms with Gasteiger partial charge in [-0.2, -0.15) is 0 Å². The number of aliphatic hydroxyl groups excluding tert-OH is 3. The maximum Gasteiger partial charge on any atom is 0.131 e. The van der Waals surface area contributed by atoms with Gasteiger partial charge in [0.25, 0.3) is 0 Å². The lowest BCUT2D eigenvalue weighted by molar-refractivity contribution is 0.0275. The molecule has 0 aliphatic heterocycles. The lowest BCUT2D eigenvalue weighted by Gasteiger charge is -2.31. The van der Waals surface area contributed by atoms with Crippen molar-refractivity contribution in [2.45, 2.75) is 13.0 Å². The van der Waals surface area contributed by atoms with E-state index in [0.717, 1.165) is 12.1 Å². The number of likely N-dealkylation sites (N-methyl/N-ethyl adjacent to an activating group) is 1. The molecule has 4 nitrogen and oxygen atoms in total. The monoisotopic (exact) mass is 289 g/mol. The summed E-state index contributed by atoms with van der Waals surface area (Å²) >= 11 is 0. The van der Waals surface area contributed by atoms with Crippen molar-refractivity contribution in [3.8, 4) is 0 Å². The van der Waals surface area contributed by atoms with E-state index in [1.807, 2.05) is 0 Å². The van der Waals surface area contributed by atoms with Gasteiger partial charge in [-0.05, 0) is 13.1 Å². The van der Waals surface area contributed by atoms with Crippen LogP contribution in [0.3, 0.4) is 0 Å². The first-order valence-corrected chi connectivity index (χ1v) is 6.34. The van der Waals surface area contributed by atoms with E-state index in [9.17, 15) is 24.1 Å². The highest BCUT2D eigenvalue weighted by Gasteiger charge is 2.25. The highest BCUT2D eigenvalue weighted by Crippen LogP contribution is 2.21. The molecule has 0 fully saturated rings. The Bertz CT molecular complexity index is 438. The summed E-state index contributed by atoms with van der Waals surface area (Å²) in [5.41, 5.74) is -0.677. The van der Waals surface area contributed by atoms with Crippen LogP contribution >= 0.6 is 0 Å². The molecule has 1 aromatic carbocycles. The second kappa shape index (κ2) is 7.08. The normalized spacial score (nSPS) is 13.8. The van der Waals surface area contributed by atoms with Gasteiger partial charge in [0, 0.05) is 30.1 Å². The van der Waals surface area contributed by atoms with E-state index in [-0.39, 0.29) is 25.3 Å². The molecule has 0 radical (unpaired) electrons. The first kappa shape index (κ1) is 17.0. The van der Waals surface area contributed by atoms with Gasteiger partial charge in [-0.25, -0.2) is 8.78 Å². The number of nitrogens with zero attached hydrogens (tertiary/aromatic N) is 1. The minimum absolute atomic E-state index is 0.0213. The Kier molecular flexibility index (Phi) is 6.01. The topological polar surface area (TPSA) is 63.9 Å². The molecule has 0 heterocycles. The van der Waals surface area contributed by atoms with Crippen LogP contribution in [0.25, 0.3) is 0 Å². The Morgan fingerprint density at radius 1 is 1.25 bits per heavy atom. The summed E-state index contributed by atoms with van der Waals surface area (Å²) in [6, 6.07) is 3.03. The van der Waals surface area contributed by atoms with Crippen LogP contribution < -0.4 is 0 Å². The largest absolute Gasteiger partial charge is 0.396 e. The number of halogens is 2. The molecule has 0 spiro atoms. The quantitative estimate of drug-likeness (QED) is 0.698. The van der Waals surface area contributed by atoms with E-state index in [0.29, 0.717) is 6.54 Å². The standard InChI is InChI=1S/C14H21F2NO3/c1-14(8-18,9-19)7-17(2)6-13(20)11-4-3-10(15)5-12(11)16/h3-5,13,18-20H,6-9H2,1-2H3. The van der Waals surface area contributed by atoms with Gasteiger partial charge in [0.1, 0.15) is 11.6 Å². The van der Waals surface area contributed by atoms with E-state index >= 15 is 0 Å². The van der Waals surface area contributed by atoms with Crippen LogP contribution in [-0.2, 0) is 0 Å². The molecule has 1 aromatic rings. The molecular formula is C14H21F2NO3. The van der Waals surface area contributed by atoms with Crippen LogP contribution in [-0.4, -0.2) is 53.6 Å². The average molecular weight is 289 g/mol. The van der Waals surface area contributed by atoms with Crippen molar-refractivity contribution >= 4 is 0 Å². The highest BCUT2D eigenvalue weighted by molar-refractivity contribution is 5.21. The third-order valence-corrected chi connectivity index (χ3v) is 3.22. The number of aliphatic hydroxyl groups is 3. The zero-order valence-corrected chi connectivity index (χ0v) is 11.7. The number of hydrogen-bond donors (Lipinski definition) is 3. The van der Waals surface area contributed by atoms with Crippen molar-refractivity contribution in [1.29, 1.82) is 0 Å². The van der Waals surface area contributed by atoms with Crippen molar-refractivity contribution in [3.63, 3.8) is 0 Å². The third-order valence-electron chi connectivity index (χ3n) is 3.22. The zero-order valence-electron chi connectivity index (χ0n) is 11.7. The van der Waals surface area contributed by atoms with E-state index in [1.54, 1.807) is 18.9 Å². The fraction of sp³-hybridized carbons (Fsp3) is 0.571. The molecule has 0 aromatic heterocycles. The van der Waals surface area contributed by atoms with Gasteiger partial charge in [-0.15, -0.1) is 0 Å². The molecule has 0 amide bonds. The second-order valence-electron chi connectivity index (χ2n) is 5.51. The molecule has 114 valence electrons. The summed E-state index contributed by atoms with van der Waals surface area (Å²) in [6.45, 7) is 1.75. The summed E-state index contributed by atoms with van der Waals surface area (Å²) in [6.07, 6.45) is -1.11. The van der Waals surface area contributed by atoms with Gasteiger partial charge in [-0.1, -0.05) is 13.0 Å². The summed E-state index contributed by atoms with van der Waals surface area (Å²) < 4.78 is 26.3. The zero-order chi connectivity index (χ0) is 15.3. The molecule has 3 N–H and O–H groups in total. The van der Waals surface area contributed by atoms with Crippen molar-refractivity contribution in [2.24, 2.45) is 5.41 Å². The molecule has 0 bridgehead atoms. The lowest BCUT2D eigenvalue weighted by Crippen LogP contribution is -2.40. The van der Waals surface area contributed by atoms with Gasteiger partial charge < -0.3 is 20.2 Å². The molecule has 1 atom stereocenters. The minimum Gasteiger partial charge on any atom is -0.396 e. The third kappa shape index (κ3) is 4.49. The Labute approximate surface area is 117 Å². The summed E-state index contributed by atoms with van der Waals surface area (Å²) in [5.74, 6) is -1.49. The first-order valence-electron chi connectivity index (χ1n) is 6.34. The van der Waals surface area contributed by atoms with Crippen molar-refractivity contribution in [3.05, 3.63) is 35.4 Å². The van der Waals surface area contributed by atoms with E-state index in [2.05, 4.69) is 0 Å². The predicted octanol–water partition coefficient (Wildman–Crippen LogP) is 0.921. The van der Waals surface area contributed by atoms with E-state index in [4.69, 9.17) is 0 Å². The minimum atomic E-state index is -1.11. The Hall–Kier alpha value is -1.08. The average Bonchev–Trinajstić information content (AvgIpc) is 2.38. The predicted molar refractivity (Wildman–Crippen MR) is 71.1 cm³/mol. The second-order valence-corrected chi connectivity index (χ2v) is 5.51. The fourth-order valence-electron chi connectivity index (χ4n) is 2.03. The molecule has 0 saturated carbocycles. The molecule has 1 unspecified atom stereocenters. The number of rotatable bonds is 7. The highest BCUT2D eigenvalue weighted by atomic mass is 19.1. The molecule has 6 heteroatoms. The lowest BCUT2D eigenvalue weighted by atomic mass is 9.92. The molecule has 0 aliphatic carbocycles. The van der Waals surface area contributed by atoms with Gasteiger partial charge >= 0.3 is 0 Å². The first-order chi connectivity index (χ1) is 9.31. The molecular weight excluding hydrogens is 268 g/mol. The van der Waals surface area contributed by atoms with Crippen molar-refractivity contribution in [2.75, 3.05) is 33.4 Å². The van der Waals surface area contributed by atoms with Gasteiger partial charge in [0.2, 0.25) is 0 Å². The van der Waals surface area contributed by atoms with Crippen molar-refractivity contribution < 1.29 is 24.1 Å². The van der Waals surface area contributed by atoms with E-state index in [1.165, 1.54) is 6.07 Å². The fourth-order valence-corrected chi connectivity index (χ4v) is 2.03. The van der Waals surface area contributed by atoms with E-state index < -0.39 is 23.2 Å². The van der Waals surface area contributed by atoms with Crippen LogP contribution in [0.4, 0.5) is 8.78 Å². The SMILES string of the molecule is CN(CC(O)c1ccc(F)cc1F)CC(C)(CO)CO. The molecule has 0 aliphatic rings. The Morgan fingerprint density at radius 2 is 1.85 bits per heavy atom. The molecule has 0 saturated heterocycles. The summed E-state index contributed by atoms with van der Waals surface area (Å²) in [5, 5.41) is 28.4. The van der Waals surface area contributed by atoms with Crippen molar-refractivity contribution in [1.82, 2.24) is 4.90 Å². The van der Waals surface area contributed by atoms with Crippen LogP contribution in [0.15, 0.2) is 18.2 Å². The molecule has 1 rings (SSSR count). The number of hydrogen-bond acceptors (Lipinski definition) is 4. The van der Waals surface area contributed by atoms with Gasteiger partial charge in [-0.3, -0.25) is 0 Å². The van der Waals surface area contributed by atoms with Crippen LogP contribution in [0.5, 0.6) is 0 Å². The Balaban J connectivity index is 2.68. The van der Waals surface area contributed by atoms with Gasteiger partial charge in [0.15, 0.2) is 0 Å². The maximum absolute atomic E-state index is 13.5. The summed E-state index contributed by atoms with van der Waals surface area (Å²) in [4.78, 5) is 1.68. The smallest absolute Gasteiger partial charge is 0.131 e. The molecule has 20 heavy (non-hydrogen) atoms. The Morgan fingerprint density at radius 3 is 2.35 bits per heavy atom.